The Morgan fingerprint density at radius 1 is 1.12 bits per heavy atom. The maximum Gasteiger partial charge on any atom is 0.285 e. The second-order valence-corrected chi connectivity index (χ2v) is 7.82. The van der Waals surface area contributed by atoms with Gasteiger partial charge in [-0.2, -0.15) is 5.01 Å². The highest BCUT2D eigenvalue weighted by Crippen LogP contribution is 2.31. The zero-order chi connectivity index (χ0) is 18.7. The highest BCUT2D eigenvalue weighted by atomic mass is 32.2. The lowest BCUT2D eigenvalue weighted by Gasteiger charge is -2.15. The van der Waals surface area contributed by atoms with Crippen LogP contribution in [-0.2, 0) is 4.79 Å². The average Bonchev–Trinajstić information content (AvgIpc) is 2.90. The molecule has 26 heavy (non-hydrogen) atoms. The summed E-state index contributed by atoms with van der Waals surface area (Å²) in [6.45, 7) is 4.27. The van der Waals surface area contributed by atoms with Gasteiger partial charge < -0.3 is 0 Å². The minimum atomic E-state index is -0.371. The van der Waals surface area contributed by atoms with Crippen molar-refractivity contribution in [3.8, 4) is 0 Å². The van der Waals surface area contributed by atoms with Crippen LogP contribution in [0.4, 0.5) is 0 Å². The lowest BCUT2D eigenvalue weighted by Crippen LogP contribution is -2.44. The van der Waals surface area contributed by atoms with Gasteiger partial charge in [0, 0.05) is 5.56 Å². The predicted molar refractivity (Wildman–Crippen MR) is 109 cm³/mol. The highest BCUT2D eigenvalue weighted by molar-refractivity contribution is 8.26. The third-order valence-corrected chi connectivity index (χ3v) is 5.25. The maximum atomic E-state index is 12.6. The molecule has 1 aliphatic heterocycles. The van der Waals surface area contributed by atoms with Crippen LogP contribution in [0.1, 0.15) is 41.3 Å². The van der Waals surface area contributed by atoms with Gasteiger partial charge in [-0.05, 0) is 47.5 Å². The molecule has 2 aromatic carbocycles. The number of amides is 2. The van der Waals surface area contributed by atoms with Crippen LogP contribution >= 0.6 is 24.0 Å². The smallest absolute Gasteiger partial charge is 0.267 e. The summed E-state index contributed by atoms with van der Waals surface area (Å²) in [7, 11) is 0. The summed E-state index contributed by atoms with van der Waals surface area (Å²) in [6, 6.07) is 16.8. The van der Waals surface area contributed by atoms with Crippen molar-refractivity contribution in [2.75, 3.05) is 0 Å². The Balaban J connectivity index is 1.75. The molecule has 1 saturated heterocycles. The molecule has 0 bridgehead atoms. The minimum absolute atomic E-state index is 0.310. The van der Waals surface area contributed by atoms with Gasteiger partial charge in [0.05, 0.1) is 4.91 Å². The highest BCUT2D eigenvalue weighted by Gasteiger charge is 2.33. The van der Waals surface area contributed by atoms with Crippen molar-refractivity contribution in [3.63, 3.8) is 0 Å². The molecule has 4 nitrogen and oxygen atoms in total. The van der Waals surface area contributed by atoms with Crippen LogP contribution in [-0.4, -0.2) is 21.1 Å². The number of thiocarbonyl (C=S) groups is 1. The van der Waals surface area contributed by atoms with Crippen LogP contribution in [0.5, 0.6) is 0 Å². The van der Waals surface area contributed by atoms with E-state index in [1.165, 1.54) is 17.3 Å². The molecule has 0 atom stereocenters. The van der Waals surface area contributed by atoms with Gasteiger partial charge in [0.2, 0.25) is 0 Å². The first-order valence-corrected chi connectivity index (χ1v) is 9.42. The maximum absolute atomic E-state index is 12.6. The van der Waals surface area contributed by atoms with Crippen LogP contribution in [0.3, 0.4) is 0 Å². The molecule has 3 rings (SSSR count). The van der Waals surface area contributed by atoms with E-state index in [9.17, 15) is 9.59 Å². The van der Waals surface area contributed by atoms with E-state index in [2.05, 4.69) is 31.4 Å². The monoisotopic (exact) mass is 382 g/mol. The van der Waals surface area contributed by atoms with Gasteiger partial charge in [0.15, 0.2) is 4.32 Å². The number of carbonyl (C=O) groups is 2. The third kappa shape index (κ3) is 4.03. The van der Waals surface area contributed by atoms with Gasteiger partial charge in [-0.1, -0.05) is 68.1 Å². The number of nitrogens with zero attached hydrogens (tertiary/aromatic N) is 1. The number of benzene rings is 2. The fourth-order valence-electron chi connectivity index (χ4n) is 2.45. The van der Waals surface area contributed by atoms with E-state index in [1.54, 1.807) is 30.3 Å². The molecular weight excluding hydrogens is 364 g/mol. The van der Waals surface area contributed by atoms with Crippen LogP contribution in [0.25, 0.3) is 6.08 Å². The van der Waals surface area contributed by atoms with E-state index in [1.807, 2.05) is 18.2 Å². The van der Waals surface area contributed by atoms with Gasteiger partial charge >= 0.3 is 0 Å². The second-order valence-electron chi connectivity index (χ2n) is 6.15. The zero-order valence-electron chi connectivity index (χ0n) is 14.4. The van der Waals surface area contributed by atoms with Crippen molar-refractivity contribution in [2.45, 2.75) is 19.8 Å². The van der Waals surface area contributed by atoms with Crippen molar-refractivity contribution in [1.29, 1.82) is 0 Å². The molecule has 2 amide bonds. The van der Waals surface area contributed by atoms with Gasteiger partial charge in [0.25, 0.3) is 11.8 Å². The summed E-state index contributed by atoms with van der Waals surface area (Å²) in [4.78, 5) is 25.3. The summed E-state index contributed by atoms with van der Waals surface area (Å²) in [5, 5.41) is 1.13. The summed E-state index contributed by atoms with van der Waals surface area (Å²) in [5.41, 5.74) is 5.21. The molecule has 0 aliphatic carbocycles. The summed E-state index contributed by atoms with van der Waals surface area (Å²) in [5.74, 6) is -0.239. The van der Waals surface area contributed by atoms with Crippen LogP contribution in [0.2, 0.25) is 0 Å². The fourth-order valence-corrected chi connectivity index (χ4v) is 3.63. The number of nitrogens with one attached hydrogen (secondary N) is 1. The number of hydrazine groups is 1. The van der Waals surface area contributed by atoms with E-state index in [-0.39, 0.29) is 11.8 Å². The first-order chi connectivity index (χ1) is 12.5. The normalized spacial score (nSPS) is 15.8. The zero-order valence-corrected chi connectivity index (χ0v) is 16.1. The Hall–Kier alpha value is -2.44. The van der Waals surface area contributed by atoms with Crippen LogP contribution < -0.4 is 5.43 Å². The second kappa shape index (κ2) is 7.85. The summed E-state index contributed by atoms with van der Waals surface area (Å²) >= 11 is 6.43. The largest absolute Gasteiger partial charge is 0.285 e. The molecule has 0 spiro atoms. The summed E-state index contributed by atoms with van der Waals surface area (Å²) < 4.78 is 0.310. The molecule has 1 heterocycles. The molecule has 0 radical (unpaired) electrons. The number of thioether (sulfide) groups is 1. The lowest BCUT2D eigenvalue weighted by atomic mass is 10.0. The predicted octanol–water partition coefficient (Wildman–Crippen LogP) is 4.36. The van der Waals surface area contributed by atoms with E-state index < -0.39 is 0 Å². The van der Waals surface area contributed by atoms with Crippen LogP contribution in [0, 0.1) is 0 Å². The van der Waals surface area contributed by atoms with E-state index >= 15 is 0 Å². The van der Waals surface area contributed by atoms with Gasteiger partial charge in [-0.15, -0.1) is 0 Å². The molecule has 6 heteroatoms. The average molecular weight is 383 g/mol. The number of carbonyl (C=O) groups excluding carboxylic acids is 2. The summed E-state index contributed by atoms with van der Waals surface area (Å²) in [6.07, 6.45) is 1.79. The molecule has 1 fully saturated rings. The van der Waals surface area contributed by atoms with Crippen LogP contribution in [0.15, 0.2) is 59.5 Å². The van der Waals surface area contributed by atoms with Gasteiger partial charge in [-0.3, -0.25) is 15.0 Å². The quantitative estimate of drug-likeness (QED) is 0.631. The Morgan fingerprint density at radius 2 is 1.77 bits per heavy atom. The molecule has 0 unspecified atom stereocenters. The first kappa shape index (κ1) is 18.4. The molecule has 132 valence electrons. The third-order valence-electron chi connectivity index (χ3n) is 3.94. The van der Waals surface area contributed by atoms with Gasteiger partial charge in [0.1, 0.15) is 0 Å². The van der Waals surface area contributed by atoms with Crippen molar-refractivity contribution < 1.29 is 9.59 Å². The molecule has 1 N–H and O–H groups in total. The Morgan fingerprint density at radius 3 is 2.38 bits per heavy atom. The SMILES string of the molecule is CC(C)c1ccc(C=C2SC(=S)N(NC(=O)c3ccccc3)C2=O)cc1. The van der Waals surface area contributed by atoms with Crippen molar-refractivity contribution in [3.05, 3.63) is 76.2 Å². The standard InChI is InChI=1S/C20H18N2O2S2/c1-13(2)15-10-8-14(9-11-15)12-17-19(24)22(20(25)26-17)21-18(23)16-6-4-3-5-7-16/h3-13H,1-2H3,(H,21,23). The van der Waals surface area contributed by atoms with Gasteiger partial charge in [-0.25, -0.2) is 0 Å². The Kier molecular flexibility index (Phi) is 5.54. The lowest BCUT2D eigenvalue weighted by molar-refractivity contribution is -0.123. The fraction of sp³-hybridized carbons (Fsp3) is 0.150. The molecular formula is C20H18N2O2S2. The number of hydrogen-bond acceptors (Lipinski definition) is 4. The Bertz CT molecular complexity index is 874. The molecule has 1 aliphatic rings. The molecule has 0 aromatic heterocycles. The molecule has 0 saturated carbocycles. The number of hydrogen-bond donors (Lipinski definition) is 1. The number of rotatable bonds is 4. The Labute approximate surface area is 162 Å². The van der Waals surface area contributed by atoms with Crippen molar-refractivity contribution in [1.82, 2.24) is 10.4 Å². The molecule has 2 aromatic rings. The van der Waals surface area contributed by atoms with E-state index in [0.717, 1.165) is 10.6 Å². The van der Waals surface area contributed by atoms with Crippen molar-refractivity contribution in [2.24, 2.45) is 0 Å². The minimum Gasteiger partial charge on any atom is -0.267 e. The van der Waals surface area contributed by atoms with E-state index in [0.29, 0.717) is 20.7 Å². The van der Waals surface area contributed by atoms with E-state index in [4.69, 9.17) is 12.2 Å². The topological polar surface area (TPSA) is 49.4 Å². The van der Waals surface area contributed by atoms with Crippen molar-refractivity contribution >= 4 is 46.2 Å². The first-order valence-electron chi connectivity index (χ1n) is 8.19.